The van der Waals surface area contributed by atoms with Crippen LogP contribution in [-0.2, 0) is 22.4 Å². The average Bonchev–Trinajstić information content (AvgIpc) is 3.33. The molecule has 212 valence electrons. The third-order valence-electron chi connectivity index (χ3n) is 7.25. The highest BCUT2D eigenvalue weighted by Gasteiger charge is 2.38. The number of unbranched alkanes of at least 4 members (excludes halogenated alkanes) is 5. The number of amides is 2. The molecule has 2 unspecified atom stereocenters. The summed E-state index contributed by atoms with van der Waals surface area (Å²) in [5, 5.41) is 16.8. The summed E-state index contributed by atoms with van der Waals surface area (Å²) in [6, 6.07) is 17.1. The van der Waals surface area contributed by atoms with Gasteiger partial charge < -0.3 is 25.5 Å². The maximum absolute atomic E-state index is 13.7. The number of hydrogen-bond donors (Lipinski definition) is 4. The van der Waals surface area contributed by atoms with Gasteiger partial charge in [-0.2, -0.15) is 0 Å². The first-order chi connectivity index (χ1) is 18.8. The number of hydrogen-bond acceptors (Lipinski definition) is 4. The van der Waals surface area contributed by atoms with Gasteiger partial charge in [0.2, 0.25) is 5.91 Å². The molecule has 3 atom stereocenters. The Labute approximate surface area is 232 Å². The number of fused-ring (bicyclic) bond motifs is 1. The number of rotatable bonds is 16. The number of H-pyrrole nitrogens is 1. The molecule has 4 N–H and O–H groups in total. The van der Waals surface area contributed by atoms with E-state index >= 15 is 0 Å². The van der Waals surface area contributed by atoms with E-state index in [0.29, 0.717) is 6.42 Å². The third kappa shape index (κ3) is 9.43. The van der Waals surface area contributed by atoms with Crippen LogP contribution in [0, 0.1) is 0 Å². The van der Waals surface area contributed by atoms with Crippen LogP contribution in [0.1, 0.15) is 76.8 Å². The molecular weight excluding hydrogens is 490 g/mol. The van der Waals surface area contributed by atoms with E-state index in [0.717, 1.165) is 41.3 Å². The minimum Gasteiger partial charge on any atom is -0.447 e. The first kappa shape index (κ1) is 30.2. The summed E-state index contributed by atoms with van der Waals surface area (Å²) < 4.78 is 5.67. The van der Waals surface area contributed by atoms with Crippen LogP contribution in [0.15, 0.2) is 60.8 Å². The Balaban J connectivity index is 1.69. The van der Waals surface area contributed by atoms with Crippen LogP contribution in [0.5, 0.6) is 0 Å². The lowest BCUT2D eigenvalue weighted by atomic mass is 9.91. The van der Waals surface area contributed by atoms with Gasteiger partial charge >= 0.3 is 6.09 Å². The summed E-state index contributed by atoms with van der Waals surface area (Å²) in [6.07, 6.45) is 9.57. The van der Waals surface area contributed by atoms with Crippen molar-refractivity contribution in [3.05, 3.63) is 71.9 Å². The largest absolute Gasteiger partial charge is 0.447 e. The summed E-state index contributed by atoms with van der Waals surface area (Å²) in [7, 11) is 0. The van der Waals surface area contributed by atoms with Crippen LogP contribution < -0.4 is 10.6 Å². The van der Waals surface area contributed by atoms with E-state index in [2.05, 4.69) is 22.5 Å². The van der Waals surface area contributed by atoms with Crippen LogP contribution >= 0.6 is 0 Å². The van der Waals surface area contributed by atoms with Gasteiger partial charge in [-0.05, 0) is 50.3 Å². The minimum atomic E-state index is -1.30. The van der Waals surface area contributed by atoms with Gasteiger partial charge in [0.15, 0.2) is 0 Å². The van der Waals surface area contributed by atoms with Crippen molar-refractivity contribution >= 4 is 22.9 Å². The van der Waals surface area contributed by atoms with Crippen molar-refractivity contribution in [3.63, 3.8) is 0 Å². The average molecular weight is 536 g/mol. The summed E-state index contributed by atoms with van der Waals surface area (Å²) in [6.45, 7) is 5.59. The molecule has 0 aliphatic rings. The van der Waals surface area contributed by atoms with Crippen LogP contribution in [-0.4, -0.2) is 46.4 Å². The van der Waals surface area contributed by atoms with Crippen molar-refractivity contribution in [2.75, 3.05) is 6.61 Å². The lowest BCUT2D eigenvalue weighted by Crippen LogP contribution is -2.60. The minimum absolute atomic E-state index is 0.219. The molecule has 0 saturated carbocycles. The van der Waals surface area contributed by atoms with E-state index in [1.165, 1.54) is 25.7 Å². The molecule has 0 aliphatic carbocycles. The first-order valence-electron chi connectivity index (χ1n) is 14.3. The molecule has 7 nitrogen and oxygen atoms in total. The number of benzene rings is 2. The highest BCUT2D eigenvalue weighted by Crippen LogP contribution is 2.23. The SMILES string of the molecule is CCCCCCCCC(C)OC(=O)N[C@](C)(Cc1c[nH]c2ccccc12)C(=O)NC(CO)Cc1ccccc1. The van der Waals surface area contributed by atoms with Gasteiger partial charge in [-0.3, -0.25) is 4.79 Å². The zero-order valence-corrected chi connectivity index (χ0v) is 23.7. The number of carbonyl (C=O) groups excluding carboxylic acids is 2. The summed E-state index contributed by atoms with van der Waals surface area (Å²) in [5.41, 5.74) is 1.58. The number of alkyl carbamates (subject to hydrolysis) is 1. The molecule has 0 aliphatic heterocycles. The van der Waals surface area contributed by atoms with E-state index < -0.39 is 17.7 Å². The van der Waals surface area contributed by atoms with E-state index in [4.69, 9.17) is 4.74 Å². The van der Waals surface area contributed by atoms with E-state index in [9.17, 15) is 14.7 Å². The Hall–Kier alpha value is -3.32. The van der Waals surface area contributed by atoms with Crippen molar-refractivity contribution in [3.8, 4) is 0 Å². The lowest BCUT2D eigenvalue weighted by molar-refractivity contribution is -0.128. The molecule has 0 saturated heterocycles. The second-order valence-corrected chi connectivity index (χ2v) is 10.8. The molecule has 1 heterocycles. The first-order valence-corrected chi connectivity index (χ1v) is 14.3. The van der Waals surface area contributed by atoms with Crippen molar-refractivity contribution in [2.45, 2.75) is 96.2 Å². The van der Waals surface area contributed by atoms with Gasteiger partial charge in [-0.25, -0.2) is 4.79 Å². The Morgan fingerprint density at radius 1 is 1.00 bits per heavy atom. The second-order valence-electron chi connectivity index (χ2n) is 10.8. The number of ether oxygens (including phenoxy) is 1. The summed E-state index contributed by atoms with van der Waals surface area (Å²) in [5.74, 6) is -0.372. The third-order valence-corrected chi connectivity index (χ3v) is 7.25. The van der Waals surface area contributed by atoms with Crippen molar-refractivity contribution in [2.24, 2.45) is 0 Å². The predicted molar refractivity (Wildman–Crippen MR) is 157 cm³/mol. The zero-order valence-electron chi connectivity index (χ0n) is 23.7. The van der Waals surface area contributed by atoms with Gasteiger partial charge in [0, 0.05) is 23.5 Å². The predicted octanol–water partition coefficient (Wildman–Crippen LogP) is 6.05. The van der Waals surface area contributed by atoms with Gasteiger partial charge in [-0.1, -0.05) is 87.6 Å². The molecule has 3 aromatic rings. The Bertz CT molecular complexity index is 1160. The fourth-order valence-corrected chi connectivity index (χ4v) is 4.95. The van der Waals surface area contributed by atoms with Crippen LogP contribution in [0.3, 0.4) is 0 Å². The monoisotopic (exact) mass is 535 g/mol. The molecule has 7 heteroatoms. The quantitative estimate of drug-likeness (QED) is 0.168. The number of para-hydroxylation sites is 1. The number of nitrogens with one attached hydrogen (secondary N) is 3. The highest BCUT2D eigenvalue weighted by molar-refractivity contribution is 5.91. The molecule has 0 fully saturated rings. The maximum Gasteiger partial charge on any atom is 0.408 e. The number of aliphatic hydroxyl groups excluding tert-OH is 1. The van der Waals surface area contributed by atoms with Gasteiger partial charge in [0.1, 0.15) is 11.6 Å². The Morgan fingerprint density at radius 3 is 2.44 bits per heavy atom. The Kier molecular flexibility index (Phi) is 11.9. The van der Waals surface area contributed by atoms with Gasteiger partial charge in [0.25, 0.3) is 0 Å². The standard InChI is InChI=1S/C32H45N3O4/c1-4-5-6-7-8-10-15-24(2)39-31(38)35-32(3,21-26-22-33-29-19-14-13-18-28(26)29)30(37)34-27(23-36)20-25-16-11-9-12-17-25/h9,11-14,16-19,22,24,27,33,36H,4-8,10,15,20-21,23H2,1-3H3,(H,34,37)(H,35,38)/t24?,27?,32-/m1/s1. The normalized spacial score (nSPS) is 14.4. The fourth-order valence-electron chi connectivity index (χ4n) is 4.95. The number of carbonyl (C=O) groups is 2. The Morgan fingerprint density at radius 2 is 1.69 bits per heavy atom. The summed E-state index contributed by atoms with van der Waals surface area (Å²) >= 11 is 0. The highest BCUT2D eigenvalue weighted by atomic mass is 16.6. The maximum atomic E-state index is 13.7. The molecule has 2 aromatic carbocycles. The molecule has 3 rings (SSSR count). The number of aromatic amines is 1. The van der Waals surface area contributed by atoms with E-state index in [1.54, 1.807) is 6.92 Å². The van der Waals surface area contributed by atoms with Crippen LogP contribution in [0.25, 0.3) is 10.9 Å². The molecule has 0 spiro atoms. The van der Waals surface area contributed by atoms with Gasteiger partial charge in [-0.15, -0.1) is 0 Å². The summed E-state index contributed by atoms with van der Waals surface area (Å²) in [4.78, 5) is 30.0. The van der Waals surface area contributed by atoms with Crippen LogP contribution in [0.4, 0.5) is 4.79 Å². The fraction of sp³-hybridized carbons (Fsp3) is 0.500. The van der Waals surface area contributed by atoms with Crippen molar-refractivity contribution in [1.82, 2.24) is 15.6 Å². The molecule has 0 radical (unpaired) electrons. The molecular formula is C32H45N3O4. The number of aromatic nitrogens is 1. The topological polar surface area (TPSA) is 103 Å². The molecule has 0 bridgehead atoms. The molecule has 39 heavy (non-hydrogen) atoms. The lowest BCUT2D eigenvalue weighted by Gasteiger charge is -2.31. The van der Waals surface area contributed by atoms with E-state index in [-0.39, 0.29) is 25.0 Å². The smallest absolute Gasteiger partial charge is 0.408 e. The molecule has 1 aromatic heterocycles. The van der Waals surface area contributed by atoms with Crippen molar-refractivity contribution in [1.29, 1.82) is 0 Å². The zero-order chi connectivity index (χ0) is 28.1. The molecule has 2 amide bonds. The van der Waals surface area contributed by atoms with E-state index in [1.807, 2.05) is 67.7 Å². The second kappa shape index (κ2) is 15.3. The van der Waals surface area contributed by atoms with Crippen molar-refractivity contribution < 1.29 is 19.4 Å². The number of aliphatic hydroxyl groups is 1. The van der Waals surface area contributed by atoms with Crippen LogP contribution in [0.2, 0.25) is 0 Å². The van der Waals surface area contributed by atoms with Gasteiger partial charge in [0.05, 0.1) is 12.6 Å².